The lowest BCUT2D eigenvalue weighted by Crippen LogP contribution is -2.51. The first-order valence-corrected chi connectivity index (χ1v) is 12.6. The third-order valence-electron chi connectivity index (χ3n) is 5.42. The quantitative estimate of drug-likeness (QED) is 0.493. The first-order chi connectivity index (χ1) is 16.3. The zero-order valence-corrected chi connectivity index (χ0v) is 20.4. The van der Waals surface area contributed by atoms with Crippen molar-refractivity contribution >= 4 is 33.2 Å². The second-order valence-electron chi connectivity index (χ2n) is 7.98. The Bertz CT molecular complexity index is 1300. The van der Waals surface area contributed by atoms with E-state index >= 15 is 0 Å². The van der Waals surface area contributed by atoms with Crippen LogP contribution in [-0.4, -0.2) is 40.1 Å². The van der Waals surface area contributed by atoms with Crippen LogP contribution < -0.4 is 19.1 Å². The van der Waals surface area contributed by atoms with Crippen molar-refractivity contribution in [1.29, 1.82) is 0 Å². The molecule has 1 unspecified atom stereocenters. The Balaban J connectivity index is 1.48. The van der Waals surface area contributed by atoms with E-state index in [0.717, 1.165) is 16.9 Å². The molecule has 0 aliphatic carbocycles. The average Bonchev–Trinajstić information content (AvgIpc) is 2.83. The molecule has 1 N–H and O–H groups in total. The van der Waals surface area contributed by atoms with Gasteiger partial charge in [0.25, 0.3) is 15.9 Å². The number of nitrogens with one attached hydrogen (secondary N) is 1. The lowest BCUT2D eigenvalue weighted by Gasteiger charge is -2.34. The van der Waals surface area contributed by atoms with Gasteiger partial charge >= 0.3 is 0 Å². The van der Waals surface area contributed by atoms with Crippen LogP contribution in [-0.2, 0) is 14.8 Å². The SMILES string of the molecule is Cc1ccc(C)c(OCCNC(=O)C2CN(S(=O)(=O)c3ccccc3)c3cc(Cl)ccc3O2)c1. The molecule has 178 valence electrons. The summed E-state index contributed by atoms with van der Waals surface area (Å²) in [5.41, 5.74) is 2.38. The molecule has 0 aromatic heterocycles. The Labute approximate surface area is 204 Å². The van der Waals surface area contributed by atoms with E-state index in [-0.39, 0.29) is 30.3 Å². The molecule has 3 aromatic rings. The molecule has 0 bridgehead atoms. The Hall–Kier alpha value is -3.23. The van der Waals surface area contributed by atoms with Crippen LogP contribution in [0.4, 0.5) is 5.69 Å². The van der Waals surface area contributed by atoms with Crippen LogP contribution in [0.5, 0.6) is 11.5 Å². The van der Waals surface area contributed by atoms with E-state index in [2.05, 4.69) is 5.32 Å². The molecule has 0 radical (unpaired) electrons. The Kier molecular flexibility index (Phi) is 7.00. The smallest absolute Gasteiger partial charge is 0.264 e. The Morgan fingerprint density at radius 3 is 2.65 bits per heavy atom. The number of aryl methyl sites for hydroxylation is 2. The van der Waals surface area contributed by atoms with Gasteiger partial charge in [-0.25, -0.2) is 8.42 Å². The lowest BCUT2D eigenvalue weighted by molar-refractivity contribution is -0.127. The molecule has 0 saturated carbocycles. The summed E-state index contributed by atoms with van der Waals surface area (Å²) in [6, 6.07) is 18.6. The van der Waals surface area contributed by atoms with Crippen LogP contribution in [0.2, 0.25) is 5.02 Å². The molecule has 9 heteroatoms. The number of hydrogen-bond acceptors (Lipinski definition) is 5. The molecule has 0 saturated heterocycles. The minimum Gasteiger partial charge on any atom is -0.491 e. The van der Waals surface area contributed by atoms with Gasteiger partial charge in [-0.1, -0.05) is 41.9 Å². The first-order valence-electron chi connectivity index (χ1n) is 10.8. The molecule has 0 fully saturated rings. The molecule has 1 atom stereocenters. The maximum absolute atomic E-state index is 13.4. The predicted molar refractivity (Wildman–Crippen MR) is 131 cm³/mol. The van der Waals surface area contributed by atoms with Gasteiger partial charge in [-0.05, 0) is 61.4 Å². The van der Waals surface area contributed by atoms with E-state index < -0.39 is 22.0 Å². The summed E-state index contributed by atoms with van der Waals surface area (Å²) in [4.78, 5) is 13.0. The molecule has 34 heavy (non-hydrogen) atoms. The first kappa shape index (κ1) is 23.9. The molecule has 1 aliphatic rings. The van der Waals surface area contributed by atoms with E-state index in [1.807, 2.05) is 32.0 Å². The minimum atomic E-state index is -3.94. The fourth-order valence-corrected chi connectivity index (χ4v) is 5.28. The van der Waals surface area contributed by atoms with Crippen LogP contribution >= 0.6 is 11.6 Å². The molecule has 1 heterocycles. The monoisotopic (exact) mass is 500 g/mol. The summed E-state index contributed by atoms with van der Waals surface area (Å²) >= 11 is 6.12. The fourth-order valence-electron chi connectivity index (χ4n) is 3.62. The molecular weight excluding hydrogens is 476 g/mol. The number of fused-ring (bicyclic) bond motifs is 1. The largest absolute Gasteiger partial charge is 0.491 e. The van der Waals surface area contributed by atoms with Crippen molar-refractivity contribution in [1.82, 2.24) is 5.32 Å². The zero-order valence-electron chi connectivity index (χ0n) is 18.8. The van der Waals surface area contributed by atoms with Crippen LogP contribution in [0.1, 0.15) is 11.1 Å². The van der Waals surface area contributed by atoms with Crippen molar-refractivity contribution in [3.05, 3.63) is 82.9 Å². The second-order valence-corrected chi connectivity index (χ2v) is 10.3. The number of hydrogen-bond donors (Lipinski definition) is 1. The van der Waals surface area contributed by atoms with Crippen LogP contribution in [0.15, 0.2) is 71.6 Å². The summed E-state index contributed by atoms with van der Waals surface area (Å²) in [5.74, 6) is 0.592. The molecule has 1 amide bonds. The standard InChI is InChI=1S/C25H25ClN2O5S/c1-17-8-9-18(2)23(14-17)32-13-12-27-25(29)24-16-28(21-15-19(26)10-11-22(21)33-24)34(30,31)20-6-4-3-5-7-20/h3-11,14-15,24H,12-13,16H2,1-2H3,(H,27,29). The number of rotatable bonds is 7. The summed E-state index contributed by atoms with van der Waals surface area (Å²) in [6.07, 6.45) is -1.03. The zero-order chi connectivity index (χ0) is 24.3. The number of halogens is 1. The number of nitrogens with zero attached hydrogens (tertiary/aromatic N) is 1. The van der Waals surface area contributed by atoms with Gasteiger partial charge in [0.2, 0.25) is 0 Å². The third kappa shape index (κ3) is 5.13. The van der Waals surface area contributed by atoms with Gasteiger partial charge in [0.05, 0.1) is 23.7 Å². The second kappa shape index (κ2) is 9.95. The Morgan fingerprint density at radius 2 is 1.88 bits per heavy atom. The van der Waals surface area contributed by atoms with Crippen molar-refractivity contribution in [2.75, 3.05) is 24.0 Å². The van der Waals surface area contributed by atoms with Gasteiger partial charge in [-0.3, -0.25) is 9.10 Å². The van der Waals surface area contributed by atoms with Gasteiger partial charge in [0.15, 0.2) is 6.10 Å². The molecule has 7 nitrogen and oxygen atoms in total. The Morgan fingerprint density at radius 1 is 1.12 bits per heavy atom. The third-order valence-corrected chi connectivity index (χ3v) is 7.45. The normalized spacial score (nSPS) is 15.3. The number of carbonyl (C=O) groups excluding carboxylic acids is 1. The highest BCUT2D eigenvalue weighted by molar-refractivity contribution is 7.92. The highest BCUT2D eigenvalue weighted by Crippen LogP contribution is 2.38. The van der Waals surface area contributed by atoms with Crippen LogP contribution in [0.3, 0.4) is 0 Å². The summed E-state index contributed by atoms with van der Waals surface area (Å²) in [6.45, 7) is 4.25. The number of amides is 1. The van der Waals surface area contributed by atoms with Crippen molar-refractivity contribution < 1.29 is 22.7 Å². The van der Waals surface area contributed by atoms with E-state index in [1.54, 1.807) is 30.3 Å². The van der Waals surface area contributed by atoms with Crippen molar-refractivity contribution in [3.8, 4) is 11.5 Å². The highest BCUT2D eigenvalue weighted by atomic mass is 35.5. The minimum absolute atomic E-state index is 0.115. The summed E-state index contributed by atoms with van der Waals surface area (Å²) in [7, 11) is -3.94. The van der Waals surface area contributed by atoms with Crippen molar-refractivity contribution in [3.63, 3.8) is 0 Å². The number of benzene rings is 3. The van der Waals surface area contributed by atoms with E-state index in [0.29, 0.717) is 10.7 Å². The predicted octanol–water partition coefficient (Wildman–Crippen LogP) is 4.11. The molecule has 3 aromatic carbocycles. The fraction of sp³-hybridized carbons (Fsp3) is 0.240. The van der Waals surface area contributed by atoms with Crippen molar-refractivity contribution in [2.24, 2.45) is 0 Å². The van der Waals surface area contributed by atoms with E-state index in [1.165, 1.54) is 22.5 Å². The van der Waals surface area contributed by atoms with Crippen LogP contribution in [0, 0.1) is 13.8 Å². The van der Waals surface area contributed by atoms with Gasteiger partial charge in [-0.2, -0.15) is 0 Å². The number of ether oxygens (including phenoxy) is 2. The van der Waals surface area contributed by atoms with Crippen LogP contribution in [0.25, 0.3) is 0 Å². The van der Waals surface area contributed by atoms with E-state index in [4.69, 9.17) is 21.1 Å². The maximum Gasteiger partial charge on any atom is 0.264 e. The highest BCUT2D eigenvalue weighted by Gasteiger charge is 2.37. The molecule has 0 spiro atoms. The van der Waals surface area contributed by atoms with Gasteiger partial charge in [-0.15, -0.1) is 0 Å². The maximum atomic E-state index is 13.4. The topological polar surface area (TPSA) is 84.9 Å². The van der Waals surface area contributed by atoms with E-state index in [9.17, 15) is 13.2 Å². The van der Waals surface area contributed by atoms with Crippen molar-refractivity contribution in [2.45, 2.75) is 24.8 Å². The summed E-state index contributed by atoms with van der Waals surface area (Å²) in [5, 5.41) is 3.14. The number of sulfonamides is 1. The van der Waals surface area contributed by atoms with Gasteiger partial charge in [0, 0.05) is 5.02 Å². The molecule has 4 rings (SSSR count). The summed E-state index contributed by atoms with van der Waals surface area (Å²) < 4.78 is 39.6. The van der Waals surface area contributed by atoms with Gasteiger partial charge in [0.1, 0.15) is 18.1 Å². The number of anilines is 1. The number of carbonyl (C=O) groups is 1. The lowest BCUT2D eigenvalue weighted by atomic mass is 10.1. The molecular formula is C25H25ClN2O5S. The van der Waals surface area contributed by atoms with Gasteiger partial charge < -0.3 is 14.8 Å². The molecule has 1 aliphatic heterocycles. The average molecular weight is 501 g/mol.